The molecule has 2 fully saturated rings. The molecule has 1 saturated carbocycles. The van der Waals surface area contributed by atoms with Crippen LogP contribution in [0.5, 0.6) is 11.5 Å². The maximum absolute atomic E-state index is 12.5. The van der Waals surface area contributed by atoms with Crippen LogP contribution in [0.2, 0.25) is 0 Å². The Hall–Kier alpha value is -1.75. The first-order valence-corrected chi connectivity index (χ1v) is 9.54. The molecule has 0 spiro atoms. The van der Waals surface area contributed by atoms with Crippen molar-refractivity contribution in [3.8, 4) is 11.5 Å². The molecule has 4 rings (SSSR count). The molecule has 2 aliphatic heterocycles. The Kier molecular flexibility index (Phi) is 4.36. The Labute approximate surface area is 149 Å². The van der Waals surface area contributed by atoms with Gasteiger partial charge >= 0.3 is 0 Å². The van der Waals surface area contributed by atoms with E-state index in [1.807, 2.05) is 13.8 Å². The van der Waals surface area contributed by atoms with Crippen molar-refractivity contribution in [2.45, 2.75) is 51.7 Å². The van der Waals surface area contributed by atoms with Gasteiger partial charge < -0.3 is 20.1 Å². The van der Waals surface area contributed by atoms with Crippen LogP contribution in [0.3, 0.4) is 0 Å². The van der Waals surface area contributed by atoms with Gasteiger partial charge in [-0.1, -0.05) is 6.92 Å². The van der Waals surface area contributed by atoms with Gasteiger partial charge in [-0.05, 0) is 51.4 Å². The summed E-state index contributed by atoms with van der Waals surface area (Å²) < 4.78 is 11.8. The second-order valence-corrected chi connectivity index (χ2v) is 7.73. The van der Waals surface area contributed by atoms with E-state index in [9.17, 15) is 4.79 Å². The molecule has 5 nitrogen and oxygen atoms in total. The van der Waals surface area contributed by atoms with Gasteiger partial charge in [-0.25, -0.2) is 0 Å². The van der Waals surface area contributed by atoms with Crippen LogP contribution in [0, 0.1) is 11.8 Å². The molecule has 0 bridgehead atoms. The quantitative estimate of drug-likeness (QED) is 0.831. The normalized spacial score (nSPS) is 28.5. The molecule has 1 aromatic rings. The Bertz CT molecular complexity index is 671. The van der Waals surface area contributed by atoms with Crippen molar-refractivity contribution in [3.05, 3.63) is 23.3 Å². The Balaban J connectivity index is 1.45. The van der Waals surface area contributed by atoms with Gasteiger partial charge in [-0.2, -0.15) is 0 Å². The zero-order valence-corrected chi connectivity index (χ0v) is 15.3. The average Bonchev–Trinajstić information content (AvgIpc) is 3.17. The van der Waals surface area contributed by atoms with Crippen LogP contribution in [0.4, 0.5) is 0 Å². The van der Waals surface area contributed by atoms with Crippen LogP contribution < -0.4 is 20.1 Å². The lowest BCUT2D eigenvalue weighted by atomic mass is 9.88. The summed E-state index contributed by atoms with van der Waals surface area (Å²) in [5, 5.41) is 6.47. The molecule has 4 atom stereocenters. The third-order valence-corrected chi connectivity index (χ3v) is 5.78. The zero-order chi connectivity index (χ0) is 17.6. The molecular formula is C20H28N2O3. The molecule has 2 N–H and O–H groups in total. The molecule has 1 amide bonds. The second kappa shape index (κ2) is 6.52. The molecular weight excluding hydrogens is 316 g/mol. The molecule has 4 unspecified atom stereocenters. The van der Waals surface area contributed by atoms with Crippen molar-refractivity contribution < 1.29 is 14.3 Å². The predicted molar refractivity (Wildman–Crippen MR) is 96.2 cm³/mol. The lowest BCUT2D eigenvalue weighted by molar-refractivity contribution is -0.126. The molecule has 136 valence electrons. The highest BCUT2D eigenvalue weighted by atomic mass is 16.5. The highest BCUT2D eigenvalue weighted by Gasteiger charge is 2.43. The van der Waals surface area contributed by atoms with E-state index in [0.717, 1.165) is 37.4 Å². The zero-order valence-electron chi connectivity index (χ0n) is 15.3. The van der Waals surface area contributed by atoms with Crippen molar-refractivity contribution >= 4 is 5.91 Å². The highest BCUT2D eigenvalue weighted by molar-refractivity contribution is 5.79. The van der Waals surface area contributed by atoms with E-state index < -0.39 is 0 Å². The number of amides is 1. The summed E-state index contributed by atoms with van der Waals surface area (Å²) in [5.41, 5.74) is 2.41. The molecule has 5 heteroatoms. The molecule has 2 heterocycles. The fourth-order valence-corrected chi connectivity index (χ4v) is 3.92. The molecule has 1 aromatic carbocycles. The number of hydrogen-bond donors (Lipinski definition) is 2. The van der Waals surface area contributed by atoms with E-state index in [-0.39, 0.29) is 24.0 Å². The fourth-order valence-electron chi connectivity index (χ4n) is 3.92. The molecule has 3 aliphatic rings. The summed E-state index contributed by atoms with van der Waals surface area (Å²) in [6, 6.07) is 4.50. The maximum Gasteiger partial charge on any atom is 0.223 e. The van der Waals surface area contributed by atoms with Gasteiger partial charge in [0.15, 0.2) is 0 Å². The molecule has 0 aromatic heterocycles. The van der Waals surface area contributed by atoms with Crippen molar-refractivity contribution in [2.75, 3.05) is 19.7 Å². The van der Waals surface area contributed by atoms with Crippen LogP contribution in [0.15, 0.2) is 12.1 Å². The van der Waals surface area contributed by atoms with Crippen LogP contribution in [0.1, 0.15) is 44.2 Å². The minimum absolute atomic E-state index is 0.0815. The number of benzene rings is 1. The predicted octanol–water partition coefficient (Wildman–Crippen LogP) is 2.24. The average molecular weight is 344 g/mol. The van der Waals surface area contributed by atoms with Gasteiger partial charge in [0.1, 0.15) is 17.6 Å². The van der Waals surface area contributed by atoms with Crippen molar-refractivity contribution in [2.24, 2.45) is 11.8 Å². The first-order valence-electron chi connectivity index (χ1n) is 9.54. The molecule has 0 radical (unpaired) electrons. The molecule has 1 aliphatic carbocycles. The Morgan fingerprint density at radius 2 is 2.24 bits per heavy atom. The van der Waals surface area contributed by atoms with Crippen molar-refractivity contribution in [3.63, 3.8) is 0 Å². The first-order chi connectivity index (χ1) is 12.1. The standard InChI is InChI=1S/C20H28N2O3/c1-4-24-19-6-13-5-11(2)25-18(13)8-16(19)15-7-17(15)22-20(23)12(3)14-9-21-10-14/h6,8,11-12,14-15,17,21H,4-5,7,9-10H2,1-3H3,(H,22,23). The summed E-state index contributed by atoms with van der Waals surface area (Å²) >= 11 is 0. The number of rotatable bonds is 6. The van der Waals surface area contributed by atoms with E-state index in [2.05, 4.69) is 29.7 Å². The number of nitrogens with one attached hydrogen (secondary N) is 2. The number of ether oxygens (including phenoxy) is 2. The van der Waals surface area contributed by atoms with E-state index in [4.69, 9.17) is 9.47 Å². The van der Waals surface area contributed by atoms with E-state index in [0.29, 0.717) is 18.4 Å². The number of hydrogen-bond acceptors (Lipinski definition) is 4. The van der Waals surface area contributed by atoms with Gasteiger partial charge in [0.2, 0.25) is 5.91 Å². The Morgan fingerprint density at radius 3 is 2.92 bits per heavy atom. The van der Waals surface area contributed by atoms with Gasteiger partial charge in [-0.3, -0.25) is 4.79 Å². The van der Waals surface area contributed by atoms with E-state index in [1.54, 1.807) is 0 Å². The van der Waals surface area contributed by atoms with Crippen LogP contribution in [-0.4, -0.2) is 37.7 Å². The largest absolute Gasteiger partial charge is 0.494 e. The third kappa shape index (κ3) is 3.22. The summed E-state index contributed by atoms with van der Waals surface area (Å²) in [7, 11) is 0. The van der Waals surface area contributed by atoms with Crippen LogP contribution >= 0.6 is 0 Å². The van der Waals surface area contributed by atoms with E-state index in [1.165, 1.54) is 11.1 Å². The summed E-state index contributed by atoms with van der Waals surface area (Å²) in [5.74, 6) is 3.02. The fraction of sp³-hybridized carbons (Fsp3) is 0.650. The van der Waals surface area contributed by atoms with Crippen molar-refractivity contribution in [1.29, 1.82) is 0 Å². The summed E-state index contributed by atoms with van der Waals surface area (Å²) in [6.07, 6.45) is 2.15. The van der Waals surface area contributed by atoms with Gasteiger partial charge in [0.05, 0.1) is 6.61 Å². The van der Waals surface area contributed by atoms with Crippen LogP contribution in [0.25, 0.3) is 0 Å². The summed E-state index contributed by atoms with van der Waals surface area (Å²) in [6.45, 7) is 8.70. The van der Waals surface area contributed by atoms with Crippen LogP contribution in [-0.2, 0) is 11.2 Å². The first kappa shape index (κ1) is 16.7. The van der Waals surface area contributed by atoms with Crippen molar-refractivity contribution in [1.82, 2.24) is 10.6 Å². The monoisotopic (exact) mass is 344 g/mol. The Morgan fingerprint density at radius 1 is 1.44 bits per heavy atom. The minimum atomic E-state index is 0.0815. The number of carbonyl (C=O) groups is 1. The number of carbonyl (C=O) groups excluding carboxylic acids is 1. The third-order valence-electron chi connectivity index (χ3n) is 5.78. The SMILES string of the molecule is CCOc1cc2c(cc1C1CC1NC(=O)C(C)C1CNC1)OC(C)C2. The summed E-state index contributed by atoms with van der Waals surface area (Å²) in [4.78, 5) is 12.5. The van der Waals surface area contributed by atoms with Gasteiger partial charge in [-0.15, -0.1) is 0 Å². The highest BCUT2D eigenvalue weighted by Crippen LogP contribution is 2.48. The topological polar surface area (TPSA) is 59.6 Å². The smallest absolute Gasteiger partial charge is 0.223 e. The second-order valence-electron chi connectivity index (χ2n) is 7.73. The molecule has 1 saturated heterocycles. The lowest BCUT2D eigenvalue weighted by Gasteiger charge is -2.31. The molecule has 25 heavy (non-hydrogen) atoms. The number of fused-ring (bicyclic) bond motifs is 1. The van der Waals surface area contributed by atoms with Gasteiger partial charge in [0.25, 0.3) is 0 Å². The van der Waals surface area contributed by atoms with E-state index >= 15 is 0 Å². The lowest BCUT2D eigenvalue weighted by Crippen LogP contribution is -2.50. The maximum atomic E-state index is 12.5. The van der Waals surface area contributed by atoms with Gasteiger partial charge in [0, 0.05) is 35.4 Å². The minimum Gasteiger partial charge on any atom is -0.494 e.